The molecule has 2 aliphatic carbocycles. The molecule has 3 aromatic carbocycles. The first-order chi connectivity index (χ1) is 19.5. The van der Waals surface area contributed by atoms with Gasteiger partial charge in [-0.05, 0) is 72.7 Å². The number of fused-ring (bicyclic) bond motifs is 2. The fraction of sp³-hybridized carbons (Fsp3) is 0.424. The van der Waals surface area contributed by atoms with Crippen molar-refractivity contribution in [2.45, 2.75) is 82.3 Å². The van der Waals surface area contributed by atoms with Gasteiger partial charge in [0, 0.05) is 35.7 Å². The Kier molecular flexibility index (Phi) is 7.57. The van der Waals surface area contributed by atoms with Crippen LogP contribution in [-0.2, 0) is 4.79 Å². The number of anilines is 2. The molecule has 208 valence electrons. The summed E-state index contributed by atoms with van der Waals surface area (Å²) in [6, 6.07) is 18.7. The van der Waals surface area contributed by atoms with Gasteiger partial charge in [-0.3, -0.25) is 14.4 Å². The van der Waals surface area contributed by atoms with E-state index in [1.54, 1.807) is 12.1 Å². The first kappa shape index (κ1) is 26.5. The zero-order chi connectivity index (χ0) is 27.6. The maximum absolute atomic E-state index is 14.3. The van der Waals surface area contributed by atoms with E-state index in [0.29, 0.717) is 22.5 Å². The number of carbonyl (C=O) groups is 3. The second kappa shape index (κ2) is 11.4. The van der Waals surface area contributed by atoms with Crippen molar-refractivity contribution in [3.8, 4) is 0 Å². The maximum Gasteiger partial charge on any atom is 0.258 e. The van der Waals surface area contributed by atoms with E-state index in [1.807, 2.05) is 53.4 Å². The van der Waals surface area contributed by atoms with Crippen molar-refractivity contribution in [1.29, 1.82) is 0 Å². The Bertz CT molecular complexity index is 1430. The van der Waals surface area contributed by atoms with Crippen LogP contribution in [0.3, 0.4) is 0 Å². The molecule has 3 unspecified atom stereocenters. The van der Waals surface area contributed by atoms with Crippen molar-refractivity contribution < 1.29 is 14.4 Å². The van der Waals surface area contributed by atoms with E-state index < -0.39 is 0 Å². The van der Waals surface area contributed by atoms with Gasteiger partial charge in [-0.25, -0.2) is 0 Å². The van der Waals surface area contributed by atoms with Crippen molar-refractivity contribution in [1.82, 2.24) is 5.32 Å². The topological polar surface area (TPSA) is 105 Å². The Hall–Kier alpha value is -3.71. The summed E-state index contributed by atoms with van der Waals surface area (Å²) < 4.78 is 0. The number of rotatable bonds is 4. The molecular formula is C33H38N4O3. The zero-order valence-electron chi connectivity index (χ0n) is 22.9. The smallest absolute Gasteiger partial charge is 0.258 e. The van der Waals surface area contributed by atoms with Crippen molar-refractivity contribution >= 4 is 39.9 Å². The number of hydrogen-bond donors (Lipinski definition) is 3. The minimum Gasteiger partial charge on any atom is -0.348 e. The summed E-state index contributed by atoms with van der Waals surface area (Å²) in [4.78, 5) is 42.6. The average molecular weight is 539 g/mol. The van der Waals surface area contributed by atoms with Crippen LogP contribution in [0.25, 0.3) is 10.8 Å². The van der Waals surface area contributed by atoms with Crippen molar-refractivity contribution in [2.75, 3.05) is 10.2 Å². The molecule has 0 radical (unpaired) electrons. The van der Waals surface area contributed by atoms with E-state index in [1.165, 1.54) is 6.42 Å². The van der Waals surface area contributed by atoms with Gasteiger partial charge in [-0.2, -0.15) is 0 Å². The fourth-order valence-corrected chi connectivity index (χ4v) is 6.86. The van der Waals surface area contributed by atoms with Crippen LogP contribution in [0.5, 0.6) is 0 Å². The van der Waals surface area contributed by atoms with Gasteiger partial charge in [-0.15, -0.1) is 0 Å². The van der Waals surface area contributed by atoms with E-state index in [4.69, 9.17) is 5.73 Å². The summed E-state index contributed by atoms with van der Waals surface area (Å²) in [6.45, 7) is 0. The van der Waals surface area contributed by atoms with Gasteiger partial charge < -0.3 is 21.3 Å². The van der Waals surface area contributed by atoms with Gasteiger partial charge in [0.05, 0.1) is 11.4 Å². The number of hydrogen-bond acceptors (Lipinski definition) is 4. The Morgan fingerprint density at radius 2 is 1.55 bits per heavy atom. The highest BCUT2D eigenvalue weighted by Gasteiger charge is 2.38. The van der Waals surface area contributed by atoms with Crippen LogP contribution in [0.15, 0.2) is 60.7 Å². The van der Waals surface area contributed by atoms with E-state index in [2.05, 4.69) is 10.6 Å². The van der Waals surface area contributed by atoms with Crippen LogP contribution in [0.1, 0.15) is 84.9 Å². The Balaban J connectivity index is 1.37. The molecule has 3 atom stereocenters. The number of benzene rings is 3. The van der Waals surface area contributed by atoms with Gasteiger partial charge >= 0.3 is 0 Å². The van der Waals surface area contributed by atoms with Crippen LogP contribution < -0.4 is 21.3 Å². The summed E-state index contributed by atoms with van der Waals surface area (Å²) in [6.07, 6.45) is 9.53. The van der Waals surface area contributed by atoms with Crippen molar-refractivity contribution in [2.24, 2.45) is 11.7 Å². The summed E-state index contributed by atoms with van der Waals surface area (Å²) in [5.41, 5.74) is 8.45. The zero-order valence-corrected chi connectivity index (χ0v) is 22.9. The van der Waals surface area contributed by atoms with Crippen LogP contribution in [0.2, 0.25) is 0 Å². The third-order valence-corrected chi connectivity index (χ3v) is 9.06. The fourth-order valence-electron chi connectivity index (χ4n) is 6.86. The molecule has 0 spiro atoms. The SMILES string of the molecule is NC1CCCCC1NC(=O)c1ccc2c(c1)NC(=O)CC(C1CCCCC1)N2C(=O)c1ccc2ccccc2c1. The molecule has 7 heteroatoms. The minimum atomic E-state index is -0.250. The Morgan fingerprint density at radius 3 is 2.35 bits per heavy atom. The summed E-state index contributed by atoms with van der Waals surface area (Å²) >= 11 is 0. The molecule has 40 heavy (non-hydrogen) atoms. The molecule has 3 aliphatic rings. The molecule has 3 aromatic rings. The number of carbonyl (C=O) groups excluding carboxylic acids is 3. The molecule has 2 fully saturated rings. The molecule has 4 N–H and O–H groups in total. The van der Waals surface area contributed by atoms with Gasteiger partial charge in [0.1, 0.15) is 0 Å². The molecule has 2 saturated carbocycles. The van der Waals surface area contributed by atoms with Crippen molar-refractivity contribution in [3.63, 3.8) is 0 Å². The van der Waals surface area contributed by atoms with Gasteiger partial charge in [0.15, 0.2) is 0 Å². The predicted octanol–water partition coefficient (Wildman–Crippen LogP) is 5.78. The van der Waals surface area contributed by atoms with Crippen LogP contribution in [0.4, 0.5) is 11.4 Å². The maximum atomic E-state index is 14.3. The van der Waals surface area contributed by atoms with Gasteiger partial charge in [0.25, 0.3) is 11.8 Å². The molecular weight excluding hydrogens is 500 g/mol. The monoisotopic (exact) mass is 538 g/mol. The van der Waals surface area contributed by atoms with E-state index in [0.717, 1.165) is 62.1 Å². The largest absolute Gasteiger partial charge is 0.348 e. The highest BCUT2D eigenvalue weighted by molar-refractivity contribution is 6.13. The first-order valence-electron chi connectivity index (χ1n) is 14.8. The Labute approximate surface area is 235 Å². The van der Waals surface area contributed by atoms with Crippen molar-refractivity contribution in [3.05, 3.63) is 71.8 Å². The molecule has 3 amide bonds. The highest BCUT2D eigenvalue weighted by Crippen LogP contribution is 2.40. The second-order valence-electron chi connectivity index (χ2n) is 11.7. The second-order valence-corrected chi connectivity index (χ2v) is 11.7. The highest BCUT2D eigenvalue weighted by atomic mass is 16.2. The van der Waals surface area contributed by atoms with Gasteiger partial charge in [0.2, 0.25) is 5.91 Å². The molecule has 1 aliphatic heterocycles. The standard InChI is InChI=1S/C33H38N4O3/c34-26-12-6-7-13-27(26)36-32(39)24-16-17-29-28(19-24)35-31(38)20-30(22-9-2-1-3-10-22)37(29)33(40)25-15-14-21-8-4-5-11-23(21)18-25/h4-5,8,11,14-19,22,26-27,30H,1-3,6-7,9-10,12-13,20,34H2,(H,35,38)(H,36,39). The molecule has 6 rings (SSSR count). The normalized spacial score (nSPS) is 23.7. The van der Waals surface area contributed by atoms with Crippen LogP contribution in [0, 0.1) is 5.92 Å². The number of nitrogens with one attached hydrogen (secondary N) is 2. The Morgan fingerprint density at radius 1 is 0.825 bits per heavy atom. The van der Waals surface area contributed by atoms with Crippen LogP contribution >= 0.6 is 0 Å². The lowest BCUT2D eigenvalue weighted by Gasteiger charge is -2.37. The summed E-state index contributed by atoms with van der Waals surface area (Å²) in [5, 5.41) is 8.20. The molecule has 7 nitrogen and oxygen atoms in total. The molecule has 0 bridgehead atoms. The van der Waals surface area contributed by atoms with E-state index in [9.17, 15) is 14.4 Å². The summed E-state index contributed by atoms with van der Waals surface area (Å²) in [5.74, 6) is -0.215. The van der Waals surface area contributed by atoms with E-state index in [-0.39, 0.29) is 48.2 Å². The molecule has 1 heterocycles. The van der Waals surface area contributed by atoms with Gasteiger partial charge in [-0.1, -0.05) is 62.4 Å². The first-order valence-corrected chi connectivity index (χ1v) is 14.8. The average Bonchev–Trinajstić information content (AvgIpc) is 3.13. The number of nitrogens with two attached hydrogens (primary N) is 1. The van der Waals surface area contributed by atoms with Crippen LogP contribution in [-0.4, -0.2) is 35.8 Å². The molecule has 0 aromatic heterocycles. The quantitative estimate of drug-likeness (QED) is 0.392. The third kappa shape index (κ3) is 5.35. The third-order valence-electron chi connectivity index (χ3n) is 9.06. The number of amides is 3. The lowest BCUT2D eigenvalue weighted by atomic mass is 9.81. The van der Waals surface area contributed by atoms with E-state index >= 15 is 0 Å². The lowest BCUT2D eigenvalue weighted by molar-refractivity contribution is -0.116. The predicted molar refractivity (Wildman–Crippen MR) is 159 cm³/mol. The molecule has 0 saturated heterocycles. The minimum absolute atomic E-state index is 0.0513. The summed E-state index contributed by atoms with van der Waals surface area (Å²) in [7, 11) is 0. The number of nitrogens with zero attached hydrogens (tertiary/aromatic N) is 1. The lowest BCUT2D eigenvalue weighted by Crippen LogP contribution is -2.49.